The Morgan fingerprint density at radius 2 is 2.22 bits per heavy atom. The van der Waals surface area contributed by atoms with Crippen molar-refractivity contribution in [2.24, 2.45) is 0 Å². The number of alkyl halides is 2. The second-order valence-corrected chi connectivity index (χ2v) is 4.06. The average molecular weight is 324 g/mol. The summed E-state index contributed by atoms with van der Waals surface area (Å²) < 4.78 is 35.1. The quantitative estimate of drug-likeness (QED) is 0.617. The molecular formula is C11H12BrF2NO3. The zero-order chi connectivity index (χ0) is 13.7. The third-order valence-electron chi connectivity index (χ3n) is 2.11. The number of carbonyl (C=O) groups excluding carboxylic acids is 1. The Bertz CT molecular complexity index is 441. The van der Waals surface area contributed by atoms with E-state index in [4.69, 9.17) is 9.47 Å². The molecule has 0 spiro atoms. The number of aromatic nitrogens is 1. The van der Waals surface area contributed by atoms with E-state index in [2.05, 4.69) is 20.9 Å². The molecule has 0 aliphatic heterocycles. The van der Waals surface area contributed by atoms with Crippen LogP contribution in [-0.4, -0.2) is 24.7 Å². The van der Waals surface area contributed by atoms with Gasteiger partial charge in [0.1, 0.15) is 16.0 Å². The molecule has 0 aliphatic carbocycles. The van der Waals surface area contributed by atoms with Gasteiger partial charge in [-0.3, -0.25) is 4.79 Å². The van der Waals surface area contributed by atoms with Crippen molar-refractivity contribution < 1.29 is 23.0 Å². The number of methoxy groups -OCH3 is 1. The summed E-state index contributed by atoms with van der Waals surface area (Å²) in [5, 5.41) is 0. The molecule has 4 nitrogen and oxygen atoms in total. The normalized spacial score (nSPS) is 10.6. The molecule has 100 valence electrons. The first-order valence-corrected chi connectivity index (χ1v) is 5.96. The fraction of sp³-hybridized carbons (Fsp3) is 0.455. The van der Waals surface area contributed by atoms with Crippen molar-refractivity contribution in [3.63, 3.8) is 0 Å². The maximum atomic E-state index is 12.7. The number of halogens is 3. The highest BCUT2D eigenvalue weighted by atomic mass is 79.9. The van der Waals surface area contributed by atoms with Crippen LogP contribution in [-0.2, 0) is 16.0 Å². The molecule has 1 aromatic heterocycles. The predicted molar refractivity (Wildman–Crippen MR) is 63.8 cm³/mol. The molecule has 1 aromatic rings. The van der Waals surface area contributed by atoms with Gasteiger partial charge in [0.2, 0.25) is 0 Å². The van der Waals surface area contributed by atoms with Crippen molar-refractivity contribution in [3.05, 3.63) is 21.9 Å². The van der Waals surface area contributed by atoms with Crippen LogP contribution in [0.4, 0.5) is 8.78 Å². The molecule has 0 amide bonds. The second kappa shape index (κ2) is 6.63. The van der Waals surface area contributed by atoms with Crippen LogP contribution in [0.1, 0.15) is 24.6 Å². The van der Waals surface area contributed by atoms with Crippen LogP contribution in [0.25, 0.3) is 0 Å². The maximum Gasteiger partial charge on any atom is 0.310 e. The van der Waals surface area contributed by atoms with E-state index >= 15 is 0 Å². The molecule has 0 radical (unpaired) electrons. The Labute approximate surface area is 111 Å². The molecule has 0 saturated heterocycles. The number of ether oxygens (including phenoxy) is 2. The van der Waals surface area contributed by atoms with E-state index in [-0.39, 0.29) is 23.4 Å². The largest absolute Gasteiger partial charge is 0.495 e. The minimum absolute atomic E-state index is 0.0486. The summed E-state index contributed by atoms with van der Waals surface area (Å²) in [7, 11) is 1.27. The lowest BCUT2D eigenvalue weighted by atomic mass is 10.2. The van der Waals surface area contributed by atoms with Gasteiger partial charge in [0.05, 0.1) is 20.1 Å². The van der Waals surface area contributed by atoms with Gasteiger partial charge in [-0.1, -0.05) is 0 Å². The van der Waals surface area contributed by atoms with E-state index in [1.807, 2.05) is 0 Å². The fourth-order valence-electron chi connectivity index (χ4n) is 1.34. The summed E-state index contributed by atoms with van der Waals surface area (Å²) in [4.78, 5) is 15.0. The molecular weight excluding hydrogens is 312 g/mol. The van der Waals surface area contributed by atoms with Crippen LogP contribution in [0.3, 0.4) is 0 Å². The van der Waals surface area contributed by atoms with Crippen molar-refractivity contribution in [2.45, 2.75) is 19.8 Å². The van der Waals surface area contributed by atoms with E-state index in [1.54, 1.807) is 6.92 Å². The minimum Gasteiger partial charge on any atom is -0.495 e. The highest BCUT2D eigenvalue weighted by molar-refractivity contribution is 9.10. The molecule has 0 bridgehead atoms. The summed E-state index contributed by atoms with van der Waals surface area (Å²) in [6.07, 6.45) is -2.80. The van der Waals surface area contributed by atoms with Crippen molar-refractivity contribution in [2.75, 3.05) is 13.7 Å². The third kappa shape index (κ3) is 3.63. The molecule has 7 heteroatoms. The van der Waals surface area contributed by atoms with Gasteiger partial charge in [0.15, 0.2) is 0 Å². The molecule has 0 aromatic carbocycles. The monoisotopic (exact) mass is 323 g/mol. The van der Waals surface area contributed by atoms with E-state index < -0.39 is 18.1 Å². The molecule has 0 fully saturated rings. The van der Waals surface area contributed by atoms with Gasteiger partial charge >= 0.3 is 5.97 Å². The van der Waals surface area contributed by atoms with Gasteiger partial charge in [0.25, 0.3) is 6.43 Å². The first-order chi connectivity index (χ1) is 8.49. The van der Waals surface area contributed by atoms with Gasteiger partial charge in [-0.15, -0.1) is 0 Å². The molecule has 1 rings (SSSR count). The molecule has 0 unspecified atom stereocenters. The van der Waals surface area contributed by atoms with Crippen LogP contribution in [0.5, 0.6) is 5.75 Å². The lowest BCUT2D eigenvalue weighted by Crippen LogP contribution is -2.09. The van der Waals surface area contributed by atoms with Gasteiger partial charge < -0.3 is 9.47 Å². The number of esters is 1. The number of hydrogen-bond donors (Lipinski definition) is 0. The van der Waals surface area contributed by atoms with Gasteiger partial charge in [-0.2, -0.15) is 0 Å². The molecule has 1 heterocycles. The fourth-order valence-corrected chi connectivity index (χ4v) is 1.78. The Kier molecular flexibility index (Phi) is 5.46. The SMILES string of the molecule is CCOC(=O)Cc1cc(OC)c(C(F)F)nc1Br. The lowest BCUT2D eigenvalue weighted by Gasteiger charge is -2.11. The van der Waals surface area contributed by atoms with E-state index in [9.17, 15) is 13.6 Å². The first-order valence-electron chi connectivity index (χ1n) is 5.16. The van der Waals surface area contributed by atoms with Crippen LogP contribution >= 0.6 is 15.9 Å². The predicted octanol–water partition coefficient (Wildman–Crippen LogP) is 2.90. The zero-order valence-corrected chi connectivity index (χ0v) is 11.5. The third-order valence-corrected chi connectivity index (χ3v) is 2.79. The van der Waals surface area contributed by atoms with Crippen LogP contribution < -0.4 is 4.74 Å². The molecule has 0 saturated carbocycles. The van der Waals surface area contributed by atoms with Crippen LogP contribution in [0, 0.1) is 0 Å². The van der Waals surface area contributed by atoms with Crippen LogP contribution in [0.15, 0.2) is 10.7 Å². The van der Waals surface area contributed by atoms with E-state index in [1.165, 1.54) is 13.2 Å². The summed E-state index contributed by atoms with van der Waals surface area (Å²) in [5.74, 6) is -0.501. The Morgan fingerprint density at radius 1 is 1.56 bits per heavy atom. The van der Waals surface area contributed by atoms with Gasteiger partial charge in [0, 0.05) is 0 Å². The van der Waals surface area contributed by atoms with Crippen molar-refractivity contribution >= 4 is 21.9 Å². The number of pyridine rings is 1. The molecule has 18 heavy (non-hydrogen) atoms. The lowest BCUT2D eigenvalue weighted by molar-refractivity contribution is -0.142. The van der Waals surface area contributed by atoms with E-state index in [0.29, 0.717) is 5.56 Å². The number of rotatable bonds is 5. The first kappa shape index (κ1) is 14.8. The second-order valence-electron chi connectivity index (χ2n) is 3.31. The van der Waals surface area contributed by atoms with Crippen molar-refractivity contribution in [3.8, 4) is 5.75 Å². The molecule has 0 N–H and O–H groups in total. The molecule has 0 atom stereocenters. The molecule has 0 aliphatic rings. The van der Waals surface area contributed by atoms with Crippen molar-refractivity contribution in [1.82, 2.24) is 4.98 Å². The number of carbonyl (C=O) groups is 1. The smallest absolute Gasteiger partial charge is 0.310 e. The number of hydrogen-bond acceptors (Lipinski definition) is 4. The van der Waals surface area contributed by atoms with E-state index in [0.717, 1.165) is 0 Å². The van der Waals surface area contributed by atoms with Crippen LogP contribution in [0.2, 0.25) is 0 Å². The topological polar surface area (TPSA) is 48.4 Å². The van der Waals surface area contributed by atoms with Gasteiger partial charge in [-0.25, -0.2) is 13.8 Å². The summed E-state index contributed by atoms with van der Waals surface area (Å²) in [6, 6.07) is 1.36. The highest BCUT2D eigenvalue weighted by Crippen LogP contribution is 2.31. The number of nitrogens with zero attached hydrogens (tertiary/aromatic N) is 1. The highest BCUT2D eigenvalue weighted by Gasteiger charge is 2.20. The summed E-state index contributed by atoms with van der Waals surface area (Å²) >= 11 is 3.05. The minimum atomic E-state index is -2.74. The zero-order valence-electron chi connectivity index (χ0n) is 9.87. The Hall–Kier alpha value is -1.24. The van der Waals surface area contributed by atoms with Gasteiger partial charge in [-0.05, 0) is 34.5 Å². The standard InChI is InChI=1S/C11H12BrF2NO3/c1-3-18-8(16)5-6-4-7(17-2)9(11(13)14)15-10(6)12/h4,11H,3,5H2,1-2H3. The average Bonchev–Trinajstić information content (AvgIpc) is 2.31. The Morgan fingerprint density at radius 3 is 2.72 bits per heavy atom. The summed E-state index contributed by atoms with van der Waals surface area (Å²) in [6.45, 7) is 1.95. The maximum absolute atomic E-state index is 12.7. The Balaban J connectivity index is 3.04. The van der Waals surface area contributed by atoms with Crippen molar-refractivity contribution in [1.29, 1.82) is 0 Å². The summed E-state index contributed by atoms with van der Waals surface area (Å²) in [5.41, 5.74) is -0.0216.